The lowest BCUT2D eigenvalue weighted by Crippen LogP contribution is -2.30. The van der Waals surface area contributed by atoms with Crippen molar-refractivity contribution < 1.29 is 9.90 Å². The van der Waals surface area contributed by atoms with E-state index in [1.165, 1.54) is 22.9 Å². The smallest absolute Gasteiger partial charge is 0.255 e. The van der Waals surface area contributed by atoms with Crippen LogP contribution in [0.3, 0.4) is 0 Å². The van der Waals surface area contributed by atoms with Crippen LogP contribution in [0, 0.1) is 12.8 Å². The van der Waals surface area contributed by atoms with Crippen molar-refractivity contribution >= 4 is 5.91 Å². The molecule has 1 fully saturated rings. The first-order valence-corrected chi connectivity index (χ1v) is 7.59. The number of aliphatic hydroxyl groups is 1. The van der Waals surface area contributed by atoms with Crippen LogP contribution in [0.5, 0.6) is 0 Å². The Balaban J connectivity index is 1.71. The third-order valence-electron chi connectivity index (χ3n) is 4.26. The molecule has 0 bridgehead atoms. The first-order chi connectivity index (χ1) is 10.9. The van der Waals surface area contributed by atoms with E-state index >= 15 is 0 Å². The Kier molecular flexibility index (Phi) is 4.04. The average molecular weight is 316 g/mol. The summed E-state index contributed by atoms with van der Waals surface area (Å²) in [5.41, 5.74) is 2.17. The molecule has 3 heterocycles. The van der Waals surface area contributed by atoms with E-state index < -0.39 is 6.10 Å². The lowest BCUT2D eigenvalue weighted by molar-refractivity contribution is 0.0763. The second-order valence-electron chi connectivity index (χ2n) is 6.15. The van der Waals surface area contributed by atoms with Crippen molar-refractivity contribution in [3.05, 3.63) is 51.7 Å². The maximum absolute atomic E-state index is 12.5. The predicted octanol–water partition coefficient (Wildman–Crippen LogP) is 0.0924. The van der Waals surface area contributed by atoms with Crippen LogP contribution >= 0.6 is 0 Å². The maximum atomic E-state index is 12.5. The van der Waals surface area contributed by atoms with E-state index in [-0.39, 0.29) is 17.4 Å². The summed E-state index contributed by atoms with van der Waals surface area (Å²) in [5.74, 6) is -0.199. The Hall–Kier alpha value is -2.41. The topological polar surface area (TPSA) is 91.2 Å². The number of hydrogen-bond donors (Lipinski definition) is 2. The van der Waals surface area contributed by atoms with Gasteiger partial charge in [0.2, 0.25) is 5.56 Å². The summed E-state index contributed by atoms with van der Waals surface area (Å²) in [6, 6.07) is 4.86. The van der Waals surface area contributed by atoms with E-state index in [0.717, 1.165) is 11.4 Å². The number of hydrogen-bond acceptors (Lipinski definition) is 4. The maximum Gasteiger partial charge on any atom is 0.255 e. The Morgan fingerprint density at radius 1 is 1.43 bits per heavy atom. The fourth-order valence-electron chi connectivity index (χ4n) is 2.97. The van der Waals surface area contributed by atoms with Gasteiger partial charge >= 0.3 is 0 Å². The van der Waals surface area contributed by atoms with Gasteiger partial charge in [-0.25, -0.2) is 0 Å². The second-order valence-corrected chi connectivity index (χ2v) is 6.15. The number of aliphatic hydroxyl groups excluding tert-OH is 1. The Bertz CT molecular complexity index is 780. The zero-order valence-electron chi connectivity index (χ0n) is 13.2. The molecular weight excluding hydrogens is 296 g/mol. The molecule has 122 valence electrons. The van der Waals surface area contributed by atoms with Gasteiger partial charge in [0.15, 0.2) is 0 Å². The Morgan fingerprint density at radius 2 is 2.22 bits per heavy atom. The van der Waals surface area contributed by atoms with Crippen molar-refractivity contribution in [3.8, 4) is 0 Å². The molecule has 0 radical (unpaired) electrons. The van der Waals surface area contributed by atoms with E-state index in [4.69, 9.17) is 0 Å². The van der Waals surface area contributed by atoms with Crippen LogP contribution in [0.2, 0.25) is 0 Å². The molecule has 0 unspecified atom stereocenters. The largest absolute Gasteiger partial charge is 0.391 e. The van der Waals surface area contributed by atoms with Crippen LogP contribution in [0.1, 0.15) is 21.7 Å². The molecule has 1 aliphatic rings. The standard InChI is InChI=1S/C16H20N4O3/c1-10-5-13(18-17-10)6-12-8-20(9-14(12)21)16(23)11-3-4-15(22)19(2)7-11/h3-5,7,12,14,21H,6,8-9H2,1-2H3,(H,17,18)/t12-,14-/m1/s1. The first-order valence-electron chi connectivity index (χ1n) is 7.59. The van der Waals surface area contributed by atoms with E-state index in [9.17, 15) is 14.7 Å². The number of carbonyl (C=O) groups excluding carboxylic acids is 1. The molecule has 2 N–H and O–H groups in total. The van der Waals surface area contributed by atoms with Gasteiger partial charge in [0.05, 0.1) is 17.4 Å². The van der Waals surface area contributed by atoms with Gasteiger partial charge < -0.3 is 14.6 Å². The van der Waals surface area contributed by atoms with Crippen molar-refractivity contribution in [2.45, 2.75) is 19.4 Å². The van der Waals surface area contributed by atoms with E-state index in [1.807, 2.05) is 13.0 Å². The molecule has 7 heteroatoms. The van der Waals surface area contributed by atoms with Crippen LogP contribution in [0.25, 0.3) is 0 Å². The van der Waals surface area contributed by atoms with Gasteiger partial charge in [0.1, 0.15) is 0 Å². The number of aromatic amines is 1. The highest BCUT2D eigenvalue weighted by atomic mass is 16.3. The minimum atomic E-state index is -0.566. The number of H-pyrrole nitrogens is 1. The molecule has 0 aliphatic carbocycles. The summed E-state index contributed by atoms with van der Waals surface area (Å²) in [4.78, 5) is 25.6. The average Bonchev–Trinajstić information content (AvgIpc) is 3.08. The number of likely N-dealkylation sites (tertiary alicyclic amines) is 1. The monoisotopic (exact) mass is 316 g/mol. The molecule has 0 aromatic carbocycles. The van der Waals surface area contributed by atoms with Crippen LogP contribution in [0.15, 0.2) is 29.2 Å². The number of pyridine rings is 1. The number of nitrogens with zero attached hydrogens (tertiary/aromatic N) is 3. The van der Waals surface area contributed by atoms with Crippen LogP contribution < -0.4 is 5.56 Å². The Labute approximate surface area is 133 Å². The van der Waals surface area contributed by atoms with Crippen molar-refractivity contribution in [1.29, 1.82) is 0 Å². The molecule has 1 amide bonds. The number of β-amino-alcohol motifs (C(OH)–C–C–N with tert-alkyl or cyclic N) is 1. The summed E-state index contributed by atoms with van der Waals surface area (Å²) >= 11 is 0. The fraction of sp³-hybridized carbons (Fsp3) is 0.438. The molecular formula is C16H20N4O3. The summed E-state index contributed by atoms with van der Waals surface area (Å²) in [6.07, 6.45) is 1.59. The number of aromatic nitrogens is 3. The highest BCUT2D eigenvalue weighted by molar-refractivity contribution is 5.94. The summed E-state index contributed by atoms with van der Waals surface area (Å²) in [5, 5.41) is 17.3. The number of nitrogens with one attached hydrogen (secondary N) is 1. The normalized spacial score (nSPS) is 20.9. The second kappa shape index (κ2) is 6.00. The van der Waals surface area contributed by atoms with Gasteiger partial charge in [0.25, 0.3) is 5.91 Å². The van der Waals surface area contributed by atoms with E-state index in [2.05, 4.69) is 10.2 Å². The fourth-order valence-corrected chi connectivity index (χ4v) is 2.97. The highest BCUT2D eigenvalue weighted by Crippen LogP contribution is 2.22. The van der Waals surface area contributed by atoms with Crippen molar-refractivity contribution in [2.24, 2.45) is 13.0 Å². The van der Waals surface area contributed by atoms with Crippen molar-refractivity contribution in [1.82, 2.24) is 19.7 Å². The lowest BCUT2D eigenvalue weighted by Gasteiger charge is -2.16. The molecule has 2 atom stereocenters. The van der Waals surface area contributed by atoms with Gasteiger partial charge in [0, 0.05) is 44.0 Å². The molecule has 7 nitrogen and oxygen atoms in total. The number of carbonyl (C=O) groups is 1. The summed E-state index contributed by atoms with van der Waals surface area (Å²) in [6.45, 7) is 2.71. The minimum absolute atomic E-state index is 0.0332. The van der Waals surface area contributed by atoms with Gasteiger partial charge in [-0.1, -0.05) is 0 Å². The van der Waals surface area contributed by atoms with Crippen LogP contribution in [-0.2, 0) is 13.5 Å². The summed E-state index contributed by atoms with van der Waals surface area (Å²) < 4.78 is 1.38. The third kappa shape index (κ3) is 3.19. The molecule has 2 aromatic rings. The zero-order chi connectivity index (χ0) is 16.6. The Morgan fingerprint density at radius 3 is 2.87 bits per heavy atom. The van der Waals surface area contributed by atoms with Gasteiger partial charge in [-0.2, -0.15) is 5.10 Å². The van der Waals surface area contributed by atoms with E-state index in [1.54, 1.807) is 11.9 Å². The van der Waals surface area contributed by atoms with E-state index in [0.29, 0.717) is 25.1 Å². The molecule has 1 saturated heterocycles. The number of aryl methyl sites for hydroxylation is 2. The molecule has 0 spiro atoms. The molecule has 23 heavy (non-hydrogen) atoms. The quantitative estimate of drug-likeness (QED) is 0.840. The summed E-state index contributed by atoms with van der Waals surface area (Å²) in [7, 11) is 1.61. The number of amides is 1. The van der Waals surface area contributed by atoms with Crippen molar-refractivity contribution in [2.75, 3.05) is 13.1 Å². The van der Waals surface area contributed by atoms with Crippen LogP contribution in [-0.4, -0.2) is 49.9 Å². The zero-order valence-corrected chi connectivity index (χ0v) is 13.2. The van der Waals surface area contributed by atoms with Crippen molar-refractivity contribution in [3.63, 3.8) is 0 Å². The molecule has 2 aromatic heterocycles. The third-order valence-corrected chi connectivity index (χ3v) is 4.26. The van der Waals surface area contributed by atoms with Crippen LogP contribution in [0.4, 0.5) is 0 Å². The first kappa shape index (κ1) is 15.5. The molecule has 1 aliphatic heterocycles. The molecule has 3 rings (SSSR count). The SMILES string of the molecule is Cc1cc(C[C@@H]2CN(C(=O)c3ccc(=O)n(C)c3)C[C@H]2O)n[nH]1. The lowest BCUT2D eigenvalue weighted by atomic mass is 10.0. The number of rotatable bonds is 3. The highest BCUT2D eigenvalue weighted by Gasteiger charge is 2.34. The van der Waals surface area contributed by atoms with Gasteiger partial charge in [-0.05, 0) is 25.5 Å². The predicted molar refractivity (Wildman–Crippen MR) is 84.1 cm³/mol. The molecule has 0 saturated carbocycles. The minimum Gasteiger partial charge on any atom is -0.391 e. The van der Waals surface area contributed by atoms with Gasteiger partial charge in [-0.15, -0.1) is 0 Å². The van der Waals surface area contributed by atoms with Gasteiger partial charge in [-0.3, -0.25) is 14.7 Å².